The highest BCUT2D eigenvalue weighted by Gasteiger charge is 2.25. The number of nitriles is 1. The molecule has 6 nitrogen and oxygen atoms in total. The van der Waals surface area contributed by atoms with Crippen molar-refractivity contribution in [3.05, 3.63) is 65.6 Å². The third-order valence-electron chi connectivity index (χ3n) is 6.04. The fraction of sp³-hybridized carbons (Fsp3) is 0.240. The third-order valence-corrected chi connectivity index (χ3v) is 6.04. The number of halogens is 1. The van der Waals surface area contributed by atoms with Crippen molar-refractivity contribution in [2.45, 2.75) is 25.8 Å². The summed E-state index contributed by atoms with van der Waals surface area (Å²) < 4.78 is 14.3. The van der Waals surface area contributed by atoms with E-state index in [1.165, 1.54) is 12.1 Å². The SMILES string of the molecule is Cc1cc(F)cc(-c2cnnc(-c3cc4cc(C#N)ccc4[nH]3)c2N2CCC(N)CC2)c1. The molecule has 3 N–H and O–H groups in total. The lowest BCUT2D eigenvalue weighted by atomic mass is 9.98. The molecule has 0 bridgehead atoms. The molecule has 0 atom stereocenters. The Balaban J connectivity index is 1.71. The van der Waals surface area contributed by atoms with Crippen LogP contribution in [0.15, 0.2) is 48.7 Å². The van der Waals surface area contributed by atoms with Gasteiger partial charge in [-0.1, -0.05) is 6.07 Å². The molecule has 160 valence electrons. The van der Waals surface area contributed by atoms with E-state index in [2.05, 4.69) is 26.2 Å². The molecule has 1 aliphatic rings. The van der Waals surface area contributed by atoms with Crippen LogP contribution in [0.1, 0.15) is 24.0 Å². The molecule has 0 unspecified atom stereocenters. The van der Waals surface area contributed by atoms with Crippen LogP contribution < -0.4 is 10.6 Å². The second-order valence-corrected chi connectivity index (χ2v) is 8.39. The number of anilines is 1. The number of benzene rings is 2. The number of fused-ring (bicyclic) bond motifs is 1. The number of aromatic nitrogens is 3. The van der Waals surface area contributed by atoms with E-state index in [0.717, 1.165) is 64.9 Å². The Hall–Kier alpha value is -3.76. The van der Waals surface area contributed by atoms with E-state index in [0.29, 0.717) is 11.3 Å². The molecule has 3 heterocycles. The summed E-state index contributed by atoms with van der Waals surface area (Å²) in [6.45, 7) is 3.46. The van der Waals surface area contributed by atoms with Gasteiger partial charge in [-0.2, -0.15) is 10.4 Å². The Morgan fingerprint density at radius 2 is 1.97 bits per heavy atom. The number of hydrogen-bond acceptors (Lipinski definition) is 5. The second-order valence-electron chi connectivity index (χ2n) is 8.39. The van der Waals surface area contributed by atoms with Crippen molar-refractivity contribution in [2.24, 2.45) is 5.73 Å². The van der Waals surface area contributed by atoms with Crippen molar-refractivity contribution in [1.82, 2.24) is 15.2 Å². The van der Waals surface area contributed by atoms with Crippen molar-refractivity contribution in [3.63, 3.8) is 0 Å². The van der Waals surface area contributed by atoms with E-state index >= 15 is 0 Å². The molecule has 2 aromatic heterocycles. The molecule has 0 amide bonds. The molecule has 1 fully saturated rings. The molecule has 1 saturated heterocycles. The van der Waals surface area contributed by atoms with Crippen LogP contribution in [0, 0.1) is 24.1 Å². The summed E-state index contributed by atoms with van der Waals surface area (Å²) >= 11 is 0. The van der Waals surface area contributed by atoms with E-state index in [1.54, 1.807) is 12.3 Å². The van der Waals surface area contributed by atoms with Crippen LogP contribution in [0.2, 0.25) is 0 Å². The number of hydrogen-bond donors (Lipinski definition) is 2. The van der Waals surface area contributed by atoms with Crippen LogP contribution in [0.3, 0.4) is 0 Å². The molecule has 32 heavy (non-hydrogen) atoms. The van der Waals surface area contributed by atoms with Crippen molar-refractivity contribution < 1.29 is 4.39 Å². The molecule has 5 rings (SSSR count). The number of nitrogens with one attached hydrogen (secondary N) is 1. The summed E-state index contributed by atoms with van der Waals surface area (Å²) in [6.07, 6.45) is 3.46. The van der Waals surface area contributed by atoms with Crippen LogP contribution in [0.25, 0.3) is 33.4 Å². The molecule has 0 saturated carbocycles. The molecule has 2 aromatic carbocycles. The van der Waals surface area contributed by atoms with Gasteiger partial charge in [0.15, 0.2) is 0 Å². The number of nitrogens with two attached hydrogens (primary N) is 1. The summed E-state index contributed by atoms with van der Waals surface area (Å²) in [5, 5.41) is 18.9. The smallest absolute Gasteiger partial charge is 0.133 e. The largest absolute Gasteiger partial charge is 0.369 e. The number of nitrogens with zero attached hydrogens (tertiary/aromatic N) is 4. The average molecular weight is 426 g/mol. The van der Waals surface area contributed by atoms with Gasteiger partial charge in [-0.15, -0.1) is 5.10 Å². The molecular weight excluding hydrogens is 403 g/mol. The first kappa shape index (κ1) is 20.2. The van der Waals surface area contributed by atoms with Crippen LogP contribution >= 0.6 is 0 Å². The lowest BCUT2D eigenvalue weighted by molar-refractivity contribution is 0.501. The number of piperidine rings is 1. The lowest BCUT2D eigenvalue weighted by Gasteiger charge is -2.34. The molecule has 0 radical (unpaired) electrons. The van der Waals surface area contributed by atoms with Crippen LogP contribution in [0.5, 0.6) is 0 Å². The highest BCUT2D eigenvalue weighted by molar-refractivity contribution is 5.92. The van der Waals surface area contributed by atoms with Gasteiger partial charge in [-0.3, -0.25) is 0 Å². The summed E-state index contributed by atoms with van der Waals surface area (Å²) in [5.74, 6) is -0.278. The lowest BCUT2D eigenvalue weighted by Crippen LogP contribution is -2.40. The van der Waals surface area contributed by atoms with E-state index in [-0.39, 0.29) is 11.9 Å². The Kier molecular flexibility index (Phi) is 5.08. The van der Waals surface area contributed by atoms with Crippen molar-refractivity contribution in [1.29, 1.82) is 5.26 Å². The van der Waals surface area contributed by atoms with Crippen molar-refractivity contribution in [3.8, 4) is 28.6 Å². The topological polar surface area (TPSA) is 94.6 Å². The number of aromatic amines is 1. The second kappa shape index (κ2) is 8.06. The predicted molar refractivity (Wildman–Crippen MR) is 124 cm³/mol. The maximum Gasteiger partial charge on any atom is 0.133 e. The normalized spacial score (nSPS) is 14.6. The maximum absolute atomic E-state index is 14.3. The third kappa shape index (κ3) is 3.70. The van der Waals surface area contributed by atoms with Gasteiger partial charge in [0.2, 0.25) is 0 Å². The fourth-order valence-corrected chi connectivity index (χ4v) is 4.44. The minimum Gasteiger partial charge on any atom is -0.369 e. The van der Waals surface area contributed by atoms with E-state index in [4.69, 9.17) is 5.73 Å². The highest BCUT2D eigenvalue weighted by atomic mass is 19.1. The van der Waals surface area contributed by atoms with Gasteiger partial charge in [-0.25, -0.2) is 4.39 Å². The zero-order valence-electron chi connectivity index (χ0n) is 17.8. The summed E-state index contributed by atoms with van der Waals surface area (Å²) in [6, 6.07) is 14.9. The van der Waals surface area contributed by atoms with E-state index in [9.17, 15) is 9.65 Å². The number of rotatable bonds is 3. The van der Waals surface area contributed by atoms with Gasteiger partial charge in [-0.05, 0) is 67.3 Å². The summed E-state index contributed by atoms with van der Waals surface area (Å²) in [4.78, 5) is 5.69. The molecular formula is C25H23FN6. The quantitative estimate of drug-likeness (QED) is 0.502. The van der Waals surface area contributed by atoms with Crippen molar-refractivity contribution >= 4 is 16.6 Å². The highest BCUT2D eigenvalue weighted by Crippen LogP contribution is 2.39. The van der Waals surface area contributed by atoms with Crippen LogP contribution in [-0.4, -0.2) is 34.3 Å². The zero-order valence-corrected chi connectivity index (χ0v) is 17.8. The molecule has 0 aliphatic carbocycles. The van der Waals surface area contributed by atoms with Gasteiger partial charge in [0, 0.05) is 35.6 Å². The first-order chi connectivity index (χ1) is 15.5. The monoisotopic (exact) mass is 426 g/mol. The van der Waals surface area contributed by atoms with E-state index < -0.39 is 0 Å². The van der Waals surface area contributed by atoms with Gasteiger partial charge in [0.25, 0.3) is 0 Å². The van der Waals surface area contributed by atoms with E-state index in [1.807, 2.05) is 31.2 Å². The standard InChI is InChI=1S/C25H23FN6/c1-15-8-17(11-19(26)9-15)21-14-29-31-24(25(21)32-6-4-20(28)5-7-32)23-12-18-10-16(13-27)2-3-22(18)30-23/h2-3,8-12,14,20,30H,4-7,28H2,1H3. The Labute approximate surface area is 185 Å². The van der Waals surface area contributed by atoms with Crippen LogP contribution in [-0.2, 0) is 0 Å². The summed E-state index contributed by atoms with van der Waals surface area (Å²) in [5.41, 5.74) is 12.6. The number of aryl methyl sites for hydroxylation is 1. The average Bonchev–Trinajstić information content (AvgIpc) is 3.21. The molecule has 1 aliphatic heterocycles. The first-order valence-corrected chi connectivity index (χ1v) is 10.7. The van der Waals surface area contributed by atoms with Gasteiger partial charge in [0.1, 0.15) is 11.5 Å². The van der Waals surface area contributed by atoms with Crippen molar-refractivity contribution in [2.75, 3.05) is 18.0 Å². The zero-order chi connectivity index (χ0) is 22.2. The molecule has 0 spiro atoms. The van der Waals surface area contributed by atoms with Gasteiger partial charge >= 0.3 is 0 Å². The Bertz CT molecular complexity index is 1320. The van der Waals surface area contributed by atoms with Gasteiger partial charge in [0.05, 0.1) is 29.2 Å². The molecule has 7 heteroatoms. The Morgan fingerprint density at radius 1 is 1.16 bits per heavy atom. The van der Waals surface area contributed by atoms with Crippen LogP contribution in [0.4, 0.5) is 10.1 Å². The van der Waals surface area contributed by atoms with Gasteiger partial charge < -0.3 is 15.6 Å². The summed E-state index contributed by atoms with van der Waals surface area (Å²) in [7, 11) is 0. The fourth-order valence-electron chi connectivity index (χ4n) is 4.44. The molecule has 4 aromatic rings. The minimum absolute atomic E-state index is 0.182. The Morgan fingerprint density at radius 3 is 2.72 bits per heavy atom. The number of H-pyrrole nitrogens is 1. The minimum atomic E-state index is -0.278. The first-order valence-electron chi connectivity index (χ1n) is 10.7. The maximum atomic E-state index is 14.3. The predicted octanol–water partition coefficient (Wildman–Crippen LogP) is 4.54.